The Kier molecular flexibility index (Phi) is 4.96. The third-order valence-electron chi connectivity index (χ3n) is 2.27. The number of methoxy groups -OCH3 is 1. The van der Waals surface area contributed by atoms with Gasteiger partial charge in [0.15, 0.2) is 5.82 Å². The van der Waals surface area contributed by atoms with Gasteiger partial charge >= 0.3 is 0 Å². The van der Waals surface area contributed by atoms with Crippen molar-refractivity contribution in [3.63, 3.8) is 0 Å². The molecule has 0 bridgehead atoms. The lowest BCUT2D eigenvalue weighted by Gasteiger charge is -2.17. The van der Waals surface area contributed by atoms with Gasteiger partial charge in [-0.1, -0.05) is 0 Å². The van der Waals surface area contributed by atoms with E-state index in [9.17, 15) is 13.6 Å². The van der Waals surface area contributed by atoms with Crippen LogP contribution in [0.1, 0.15) is 16.8 Å². The van der Waals surface area contributed by atoms with Crippen molar-refractivity contribution in [1.29, 1.82) is 0 Å². The smallest absolute Gasteiger partial charge is 0.256 e. The minimum Gasteiger partial charge on any atom is -0.385 e. The van der Waals surface area contributed by atoms with Crippen molar-refractivity contribution >= 4 is 5.91 Å². The van der Waals surface area contributed by atoms with Crippen LogP contribution < -0.4 is 0 Å². The van der Waals surface area contributed by atoms with Gasteiger partial charge in [0, 0.05) is 33.5 Å². The minimum absolute atomic E-state index is 0.308. The van der Waals surface area contributed by atoms with Crippen LogP contribution in [0.15, 0.2) is 12.3 Å². The molecular formula is C11H14F2N2O2. The van der Waals surface area contributed by atoms with E-state index in [1.807, 2.05) is 0 Å². The van der Waals surface area contributed by atoms with Gasteiger partial charge in [0.1, 0.15) is 0 Å². The fourth-order valence-electron chi connectivity index (χ4n) is 1.34. The zero-order valence-corrected chi connectivity index (χ0v) is 9.74. The van der Waals surface area contributed by atoms with Crippen LogP contribution in [0.25, 0.3) is 0 Å². The number of halogens is 2. The molecule has 4 nitrogen and oxygen atoms in total. The molecule has 0 saturated carbocycles. The van der Waals surface area contributed by atoms with E-state index in [0.29, 0.717) is 19.6 Å². The zero-order chi connectivity index (χ0) is 12.8. The molecular weight excluding hydrogens is 230 g/mol. The Bertz CT molecular complexity index is 399. The number of aromatic nitrogens is 1. The van der Waals surface area contributed by atoms with Crippen LogP contribution in [0.2, 0.25) is 0 Å². The maximum absolute atomic E-state index is 13.3. The van der Waals surface area contributed by atoms with Crippen LogP contribution >= 0.6 is 0 Å². The fraction of sp³-hybridized carbons (Fsp3) is 0.455. The molecule has 1 amide bonds. The SMILES string of the molecule is COCCCN(C)C(=O)c1ccnc(F)c1F. The molecule has 0 aliphatic rings. The molecule has 1 heterocycles. The van der Waals surface area contributed by atoms with E-state index in [1.165, 1.54) is 11.9 Å². The van der Waals surface area contributed by atoms with Gasteiger partial charge in [-0.15, -0.1) is 0 Å². The molecule has 0 aromatic carbocycles. The molecule has 1 aromatic heterocycles. The molecule has 0 aliphatic carbocycles. The van der Waals surface area contributed by atoms with Gasteiger partial charge in [0.2, 0.25) is 5.95 Å². The van der Waals surface area contributed by atoms with Crippen LogP contribution in [0, 0.1) is 11.8 Å². The monoisotopic (exact) mass is 244 g/mol. The van der Waals surface area contributed by atoms with Gasteiger partial charge in [-0.2, -0.15) is 4.39 Å². The molecule has 6 heteroatoms. The Hall–Kier alpha value is -1.56. The van der Waals surface area contributed by atoms with E-state index in [0.717, 1.165) is 12.3 Å². The molecule has 94 valence electrons. The highest BCUT2D eigenvalue weighted by molar-refractivity contribution is 5.94. The molecule has 0 spiro atoms. The van der Waals surface area contributed by atoms with Crippen LogP contribution in [-0.2, 0) is 4.74 Å². The van der Waals surface area contributed by atoms with Crippen molar-refractivity contribution in [1.82, 2.24) is 9.88 Å². The highest BCUT2D eigenvalue weighted by Crippen LogP contribution is 2.11. The Balaban J connectivity index is 2.71. The summed E-state index contributed by atoms with van der Waals surface area (Å²) in [6, 6.07) is 1.16. The molecule has 0 atom stereocenters. The van der Waals surface area contributed by atoms with Crippen molar-refractivity contribution in [2.45, 2.75) is 6.42 Å². The topological polar surface area (TPSA) is 42.4 Å². The number of hydrogen-bond acceptors (Lipinski definition) is 3. The Morgan fingerprint density at radius 1 is 1.53 bits per heavy atom. The summed E-state index contributed by atoms with van der Waals surface area (Å²) in [5.41, 5.74) is -0.308. The summed E-state index contributed by atoms with van der Waals surface area (Å²) in [5.74, 6) is -3.04. The molecule has 0 radical (unpaired) electrons. The number of amides is 1. The normalized spacial score (nSPS) is 10.4. The van der Waals surface area contributed by atoms with Crippen LogP contribution in [0.4, 0.5) is 8.78 Å². The Morgan fingerprint density at radius 2 is 2.24 bits per heavy atom. The number of pyridine rings is 1. The Morgan fingerprint density at radius 3 is 2.88 bits per heavy atom. The summed E-state index contributed by atoms with van der Waals surface area (Å²) in [7, 11) is 3.08. The van der Waals surface area contributed by atoms with Gasteiger partial charge in [-0.3, -0.25) is 4.79 Å². The number of rotatable bonds is 5. The third-order valence-corrected chi connectivity index (χ3v) is 2.27. The predicted molar refractivity (Wildman–Crippen MR) is 57.6 cm³/mol. The standard InChI is InChI=1S/C11H14F2N2O2/c1-15(6-3-7-17-2)11(16)8-4-5-14-10(13)9(8)12/h4-5H,3,6-7H2,1-2H3. The molecule has 0 aliphatic heterocycles. The number of ether oxygens (including phenoxy) is 1. The fourth-order valence-corrected chi connectivity index (χ4v) is 1.34. The molecule has 0 unspecified atom stereocenters. The van der Waals surface area contributed by atoms with Gasteiger partial charge < -0.3 is 9.64 Å². The number of carbonyl (C=O) groups is 1. The average molecular weight is 244 g/mol. The van der Waals surface area contributed by atoms with E-state index in [4.69, 9.17) is 4.74 Å². The molecule has 1 aromatic rings. The second-order valence-electron chi connectivity index (χ2n) is 3.54. The highest BCUT2D eigenvalue weighted by atomic mass is 19.2. The first-order valence-corrected chi connectivity index (χ1v) is 5.12. The highest BCUT2D eigenvalue weighted by Gasteiger charge is 2.18. The van der Waals surface area contributed by atoms with Crippen LogP contribution in [-0.4, -0.2) is 43.1 Å². The summed E-state index contributed by atoms with van der Waals surface area (Å²) in [4.78, 5) is 16.2. The molecule has 0 saturated heterocycles. The maximum Gasteiger partial charge on any atom is 0.256 e. The lowest BCUT2D eigenvalue weighted by atomic mass is 10.2. The lowest BCUT2D eigenvalue weighted by Crippen LogP contribution is -2.29. The minimum atomic E-state index is -1.26. The van der Waals surface area contributed by atoms with E-state index in [2.05, 4.69) is 4.98 Å². The number of carbonyl (C=O) groups excluding carboxylic acids is 1. The number of nitrogens with zero attached hydrogens (tertiary/aromatic N) is 2. The quantitative estimate of drug-likeness (QED) is 0.582. The summed E-state index contributed by atoms with van der Waals surface area (Å²) in [6.07, 6.45) is 1.70. The van der Waals surface area contributed by atoms with E-state index in [-0.39, 0.29) is 5.56 Å². The van der Waals surface area contributed by atoms with Crippen molar-refractivity contribution in [3.05, 3.63) is 29.6 Å². The molecule has 0 N–H and O–H groups in total. The maximum atomic E-state index is 13.3. The second-order valence-corrected chi connectivity index (χ2v) is 3.54. The first kappa shape index (κ1) is 13.5. The summed E-state index contributed by atoms with van der Waals surface area (Å²) < 4.78 is 31.0. The van der Waals surface area contributed by atoms with Crippen molar-refractivity contribution in [2.24, 2.45) is 0 Å². The van der Waals surface area contributed by atoms with E-state index < -0.39 is 17.7 Å². The Labute approximate surface area is 98.2 Å². The lowest BCUT2D eigenvalue weighted by molar-refractivity contribution is 0.0773. The predicted octanol–water partition coefficient (Wildman–Crippen LogP) is 1.47. The molecule has 1 rings (SSSR count). The molecule has 0 fully saturated rings. The first-order chi connectivity index (χ1) is 8.07. The average Bonchev–Trinajstić information content (AvgIpc) is 2.32. The van der Waals surface area contributed by atoms with Crippen molar-refractivity contribution < 1.29 is 18.3 Å². The summed E-state index contributed by atoms with van der Waals surface area (Å²) >= 11 is 0. The van der Waals surface area contributed by atoms with Gasteiger partial charge in [-0.05, 0) is 12.5 Å². The van der Waals surface area contributed by atoms with Gasteiger partial charge in [-0.25, -0.2) is 9.37 Å². The summed E-state index contributed by atoms with van der Waals surface area (Å²) in [6.45, 7) is 0.918. The largest absolute Gasteiger partial charge is 0.385 e. The van der Waals surface area contributed by atoms with Crippen LogP contribution in [0.3, 0.4) is 0 Å². The van der Waals surface area contributed by atoms with E-state index in [1.54, 1.807) is 7.11 Å². The van der Waals surface area contributed by atoms with Crippen molar-refractivity contribution in [2.75, 3.05) is 27.3 Å². The summed E-state index contributed by atoms with van der Waals surface area (Å²) in [5, 5.41) is 0. The van der Waals surface area contributed by atoms with Gasteiger partial charge in [0.05, 0.1) is 5.56 Å². The van der Waals surface area contributed by atoms with Crippen LogP contribution in [0.5, 0.6) is 0 Å². The van der Waals surface area contributed by atoms with E-state index >= 15 is 0 Å². The van der Waals surface area contributed by atoms with Crippen molar-refractivity contribution in [3.8, 4) is 0 Å². The first-order valence-electron chi connectivity index (χ1n) is 5.12. The second kappa shape index (κ2) is 6.24. The third kappa shape index (κ3) is 3.45. The van der Waals surface area contributed by atoms with Gasteiger partial charge in [0.25, 0.3) is 5.91 Å². The zero-order valence-electron chi connectivity index (χ0n) is 9.74. The molecule has 17 heavy (non-hydrogen) atoms. The number of hydrogen-bond donors (Lipinski definition) is 0.